The molecule has 23 heavy (non-hydrogen) atoms. The first kappa shape index (κ1) is 17.3. The molecule has 126 valence electrons. The lowest BCUT2D eigenvalue weighted by molar-refractivity contribution is -0.173. The third-order valence-electron chi connectivity index (χ3n) is 3.88. The van der Waals surface area contributed by atoms with Crippen LogP contribution >= 0.6 is 0 Å². The van der Waals surface area contributed by atoms with Crippen LogP contribution < -0.4 is 10.6 Å². The molecule has 0 aromatic heterocycles. The van der Waals surface area contributed by atoms with Crippen LogP contribution in [0.5, 0.6) is 0 Å². The Morgan fingerprint density at radius 2 is 1.83 bits per heavy atom. The van der Waals surface area contributed by atoms with Gasteiger partial charge in [0.1, 0.15) is 0 Å². The Balaban J connectivity index is 1.91. The molecule has 0 saturated heterocycles. The first-order valence-corrected chi connectivity index (χ1v) is 7.61. The highest BCUT2D eigenvalue weighted by atomic mass is 19.4. The molecule has 1 saturated carbocycles. The number of hydrogen-bond donors (Lipinski definition) is 2. The maximum absolute atomic E-state index is 12.1. The number of hydrogen-bond acceptors (Lipinski definition) is 2. The predicted molar refractivity (Wildman–Crippen MR) is 79.5 cm³/mol. The second kappa shape index (κ2) is 7.48. The van der Waals surface area contributed by atoms with Gasteiger partial charge in [0.25, 0.3) is 0 Å². The molecular formula is C16H19F3N2O2. The van der Waals surface area contributed by atoms with Gasteiger partial charge in [-0.1, -0.05) is 31.4 Å². The monoisotopic (exact) mass is 328 g/mol. The molecule has 1 aliphatic carbocycles. The summed E-state index contributed by atoms with van der Waals surface area (Å²) in [6, 6.07) is 6.46. The highest BCUT2D eigenvalue weighted by molar-refractivity contribution is 5.92. The molecule has 0 atom stereocenters. The first-order valence-electron chi connectivity index (χ1n) is 7.61. The number of nitrogens with one attached hydrogen (secondary N) is 2. The average Bonchev–Trinajstić information content (AvgIpc) is 2.53. The topological polar surface area (TPSA) is 58.2 Å². The molecule has 2 amide bonds. The van der Waals surface area contributed by atoms with Crippen LogP contribution in [0.25, 0.3) is 0 Å². The van der Waals surface area contributed by atoms with E-state index in [4.69, 9.17) is 0 Å². The van der Waals surface area contributed by atoms with E-state index in [9.17, 15) is 22.8 Å². The number of anilines is 1. The van der Waals surface area contributed by atoms with Gasteiger partial charge >= 0.3 is 12.1 Å². The van der Waals surface area contributed by atoms with Crippen molar-refractivity contribution in [1.29, 1.82) is 0 Å². The Morgan fingerprint density at radius 3 is 2.48 bits per heavy atom. The predicted octanol–water partition coefficient (Wildman–Crippen LogP) is 3.38. The van der Waals surface area contributed by atoms with Gasteiger partial charge in [-0.3, -0.25) is 9.59 Å². The molecule has 1 fully saturated rings. The minimum absolute atomic E-state index is 0.00246. The molecule has 2 rings (SSSR count). The van der Waals surface area contributed by atoms with Gasteiger partial charge in [0.2, 0.25) is 5.91 Å². The van der Waals surface area contributed by atoms with Crippen molar-refractivity contribution in [3.63, 3.8) is 0 Å². The van der Waals surface area contributed by atoms with Crippen LogP contribution in [0, 0.1) is 5.92 Å². The Hall–Kier alpha value is -2.05. The van der Waals surface area contributed by atoms with E-state index < -0.39 is 12.1 Å². The summed E-state index contributed by atoms with van der Waals surface area (Å²) in [5, 5.41) is 4.60. The quantitative estimate of drug-likeness (QED) is 0.890. The van der Waals surface area contributed by atoms with E-state index in [-0.39, 0.29) is 18.4 Å². The molecule has 0 spiro atoms. The molecule has 1 aliphatic rings. The lowest BCUT2D eigenvalue weighted by atomic mass is 9.88. The van der Waals surface area contributed by atoms with E-state index >= 15 is 0 Å². The third-order valence-corrected chi connectivity index (χ3v) is 3.88. The van der Waals surface area contributed by atoms with Crippen LogP contribution in [0.4, 0.5) is 18.9 Å². The number of benzene rings is 1. The summed E-state index contributed by atoms with van der Waals surface area (Å²) >= 11 is 0. The van der Waals surface area contributed by atoms with Gasteiger partial charge in [-0.05, 0) is 30.5 Å². The Bertz CT molecular complexity index is 567. The third kappa shape index (κ3) is 5.26. The Morgan fingerprint density at radius 1 is 1.13 bits per heavy atom. The van der Waals surface area contributed by atoms with E-state index in [1.165, 1.54) is 0 Å². The molecule has 0 bridgehead atoms. The normalized spacial score (nSPS) is 16.0. The summed E-state index contributed by atoms with van der Waals surface area (Å²) < 4.78 is 36.4. The largest absolute Gasteiger partial charge is 0.471 e. The lowest BCUT2D eigenvalue weighted by Crippen LogP contribution is -2.36. The van der Waals surface area contributed by atoms with Crippen molar-refractivity contribution in [3.05, 3.63) is 29.8 Å². The zero-order valence-corrected chi connectivity index (χ0v) is 12.6. The maximum Gasteiger partial charge on any atom is 0.471 e. The van der Waals surface area contributed by atoms with Gasteiger partial charge in [0.05, 0.1) is 0 Å². The fraction of sp³-hybridized carbons (Fsp3) is 0.500. The lowest BCUT2D eigenvalue weighted by Gasteiger charge is -2.20. The van der Waals surface area contributed by atoms with Crippen molar-refractivity contribution in [2.45, 2.75) is 44.8 Å². The number of halogens is 3. The van der Waals surface area contributed by atoms with Crippen LogP contribution in [-0.2, 0) is 16.1 Å². The molecule has 0 heterocycles. The van der Waals surface area contributed by atoms with Crippen molar-refractivity contribution >= 4 is 17.5 Å². The van der Waals surface area contributed by atoms with Crippen molar-refractivity contribution in [3.8, 4) is 0 Å². The van der Waals surface area contributed by atoms with Gasteiger partial charge in [-0.25, -0.2) is 0 Å². The van der Waals surface area contributed by atoms with E-state index in [1.54, 1.807) is 29.6 Å². The van der Waals surface area contributed by atoms with E-state index in [0.29, 0.717) is 11.3 Å². The van der Waals surface area contributed by atoms with Crippen LogP contribution in [0.1, 0.15) is 37.7 Å². The fourth-order valence-corrected chi connectivity index (χ4v) is 2.65. The zero-order valence-electron chi connectivity index (χ0n) is 12.6. The maximum atomic E-state index is 12.1. The van der Waals surface area contributed by atoms with Crippen molar-refractivity contribution < 1.29 is 22.8 Å². The van der Waals surface area contributed by atoms with Crippen LogP contribution in [-0.4, -0.2) is 18.0 Å². The van der Waals surface area contributed by atoms with Gasteiger partial charge in [-0.2, -0.15) is 13.2 Å². The van der Waals surface area contributed by atoms with Crippen molar-refractivity contribution in [2.24, 2.45) is 5.92 Å². The summed E-state index contributed by atoms with van der Waals surface area (Å²) in [4.78, 5) is 22.9. The molecule has 2 N–H and O–H groups in total. The Kier molecular flexibility index (Phi) is 5.63. The molecule has 1 aromatic carbocycles. The van der Waals surface area contributed by atoms with Crippen molar-refractivity contribution in [2.75, 3.05) is 5.32 Å². The molecule has 4 nitrogen and oxygen atoms in total. The van der Waals surface area contributed by atoms with Crippen LogP contribution in [0.15, 0.2) is 24.3 Å². The highest BCUT2D eigenvalue weighted by Crippen LogP contribution is 2.25. The average molecular weight is 328 g/mol. The first-order chi connectivity index (χ1) is 10.9. The van der Waals surface area contributed by atoms with Crippen molar-refractivity contribution in [1.82, 2.24) is 5.32 Å². The van der Waals surface area contributed by atoms with Gasteiger partial charge in [-0.15, -0.1) is 0 Å². The minimum Gasteiger partial charge on any atom is -0.344 e. The number of amides is 2. The Labute approximate surface area is 132 Å². The molecule has 0 radical (unpaired) electrons. The fourth-order valence-electron chi connectivity index (χ4n) is 2.65. The summed E-state index contributed by atoms with van der Waals surface area (Å²) in [6.07, 6.45) is 0.0779. The van der Waals surface area contributed by atoms with Crippen LogP contribution in [0.2, 0.25) is 0 Å². The SMILES string of the molecule is O=C(Nc1cccc(CNC(=O)C(F)(F)F)c1)C1CCCCC1. The van der Waals surface area contributed by atoms with Gasteiger partial charge in [0, 0.05) is 18.2 Å². The number of rotatable bonds is 4. The summed E-state index contributed by atoms with van der Waals surface area (Å²) in [5.41, 5.74) is 1.02. The molecule has 0 unspecified atom stereocenters. The molecular weight excluding hydrogens is 309 g/mol. The van der Waals surface area contributed by atoms with E-state index in [2.05, 4.69) is 5.32 Å². The molecule has 1 aromatic rings. The van der Waals surface area contributed by atoms with Gasteiger partial charge in [0.15, 0.2) is 0 Å². The van der Waals surface area contributed by atoms with E-state index in [1.807, 2.05) is 0 Å². The second-order valence-electron chi connectivity index (χ2n) is 5.70. The summed E-state index contributed by atoms with van der Waals surface area (Å²) in [5.74, 6) is -2.03. The molecule has 7 heteroatoms. The minimum atomic E-state index is -4.90. The van der Waals surface area contributed by atoms with E-state index in [0.717, 1.165) is 32.1 Å². The summed E-state index contributed by atoms with van der Waals surface area (Å²) in [6.45, 7) is -0.245. The number of alkyl halides is 3. The highest BCUT2D eigenvalue weighted by Gasteiger charge is 2.38. The van der Waals surface area contributed by atoms with Gasteiger partial charge < -0.3 is 10.6 Å². The number of carbonyl (C=O) groups excluding carboxylic acids is 2. The number of carbonyl (C=O) groups is 2. The molecule has 0 aliphatic heterocycles. The standard InChI is InChI=1S/C16H19F3N2O2/c17-16(18,19)15(23)20-10-11-5-4-8-13(9-11)21-14(22)12-6-2-1-3-7-12/h4-5,8-9,12H,1-3,6-7,10H2,(H,20,23)(H,21,22). The smallest absolute Gasteiger partial charge is 0.344 e. The van der Waals surface area contributed by atoms with Crippen LogP contribution in [0.3, 0.4) is 0 Å². The summed E-state index contributed by atoms with van der Waals surface area (Å²) in [7, 11) is 0. The second-order valence-corrected chi connectivity index (χ2v) is 5.70. The zero-order chi connectivity index (χ0) is 16.9.